The van der Waals surface area contributed by atoms with Gasteiger partial charge >= 0.3 is 0 Å². The van der Waals surface area contributed by atoms with Crippen LogP contribution in [0.4, 0.5) is 0 Å². The van der Waals surface area contributed by atoms with Crippen LogP contribution in [0.2, 0.25) is 5.02 Å². The Balaban J connectivity index is 2.02. The van der Waals surface area contributed by atoms with Gasteiger partial charge in [0.2, 0.25) is 10.0 Å². The van der Waals surface area contributed by atoms with Crippen LogP contribution in [-0.4, -0.2) is 28.0 Å². The third-order valence-electron chi connectivity index (χ3n) is 3.29. The van der Waals surface area contributed by atoms with E-state index in [0.29, 0.717) is 34.2 Å². The molecule has 0 aliphatic rings. The van der Waals surface area contributed by atoms with Gasteiger partial charge < -0.3 is 10.1 Å². The zero-order valence-corrected chi connectivity index (χ0v) is 15.5. The van der Waals surface area contributed by atoms with Crippen molar-refractivity contribution in [3.05, 3.63) is 44.6 Å². The summed E-state index contributed by atoms with van der Waals surface area (Å²) < 4.78 is 28.0. The fraction of sp³-hybridized carbons (Fsp3) is 0.267. The molecule has 1 heterocycles. The monoisotopic (exact) mass is 388 g/mol. The Bertz CT molecular complexity index is 862. The largest absolute Gasteiger partial charge is 0.496 e. The summed E-state index contributed by atoms with van der Waals surface area (Å²) in [7, 11) is -2.24. The first kappa shape index (κ1) is 18.7. The molecule has 1 aromatic heterocycles. The second kappa shape index (κ2) is 7.52. The van der Waals surface area contributed by atoms with Crippen LogP contribution in [0.25, 0.3) is 0 Å². The molecule has 0 saturated carbocycles. The first-order valence-electron chi connectivity index (χ1n) is 6.96. The van der Waals surface area contributed by atoms with E-state index in [1.54, 1.807) is 25.1 Å². The Hall–Kier alpha value is -1.61. The number of benzene rings is 1. The van der Waals surface area contributed by atoms with E-state index in [2.05, 4.69) is 5.32 Å². The molecule has 9 heteroatoms. The van der Waals surface area contributed by atoms with E-state index < -0.39 is 10.0 Å². The van der Waals surface area contributed by atoms with Crippen LogP contribution in [0.5, 0.6) is 5.75 Å². The molecule has 2 rings (SSSR count). The Labute approximate surface area is 149 Å². The topological polar surface area (TPSA) is 98.5 Å². The van der Waals surface area contributed by atoms with Gasteiger partial charge in [-0.25, -0.2) is 13.6 Å². The molecule has 2 aromatic rings. The molecule has 0 fully saturated rings. The zero-order chi connectivity index (χ0) is 17.9. The minimum atomic E-state index is -3.72. The Morgan fingerprint density at radius 1 is 1.38 bits per heavy atom. The number of hydrogen-bond acceptors (Lipinski definition) is 5. The average molecular weight is 389 g/mol. The molecule has 0 bridgehead atoms. The molecule has 0 atom stereocenters. The second-order valence-corrected chi connectivity index (χ2v) is 8.34. The van der Waals surface area contributed by atoms with Gasteiger partial charge in [-0.05, 0) is 37.6 Å². The van der Waals surface area contributed by atoms with Gasteiger partial charge in [0.1, 0.15) is 5.75 Å². The Morgan fingerprint density at radius 2 is 2.08 bits per heavy atom. The van der Waals surface area contributed by atoms with Crippen molar-refractivity contribution in [3.8, 4) is 5.75 Å². The summed E-state index contributed by atoms with van der Waals surface area (Å²) in [5.74, 6) is 0.120. The van der Waals surface area contributed by atoms with Gasteiger partial charge in [0.25, 0.3) is 5.91 Å². The number of primary sulfonamides is 1. The molecule has 130 valence electrons. The molecule has 0 aliphatic carbocycles. The van der Waals surface area contributed by atoms with Gasteiger partial charge in [-0.2, -0.15) is 0 Å². The number of aryl methyl sites for hydroxylation is 1. The molecule has 0 aliphatic heterocycles. The van der Waals surface area contributed by atoms with E-state index in [9.17, 15) is 13.2 Å². The van der Waals surface area contributed by atoms with Crippen LogP contribution < -0.4 is 15.2 Å². The SMILES string of the molecule is COc1ccc(Cl)cc1C(=O)NCCc1cc(S(N)(=O)=O)c(C)s1. The predicted octanol–water partition coefficient (Wildman–Crippen LogP) is 2.34. The summed E-state index contributed by atoms with van der Waals surface area (Å²) in [6.45, 7) is 2.04. The summed E-state index contributed by atoms with van der Waals surface area (Å²) in [5.41, 5.74) is 0.345. The van der Waals surface area contributed by atoms with Gasteiger partial charge in [0, 0.05) is 21.3 Å². The number of carbonyl (C=O) groups excluding carboxylic acids is 1. The van der Waals surface area contributed by atoms with Gasteiger partial charge in [-0.1, -0.05) is 11.6 Å². The third kappa shape index (κ3) is 4.47. The molecule has 0 saturated heterocycles. The van der Waals surface area contributed by atoms with E-state index in [-0.39, 0.29) is 10.8 Å². The van der Waals surface area contributed by atoms with Gasteiger partial charge in [0.05, 0.1) is 17.6 Å². The Kier molecular flexibility index (Phi) is 5.87. The number of thiophene rings is 1. The van der Waals surface area contributed by atoms with Crippen molar-refractivity contribution in [1.29, 1.82) is 0 Å². The number of nitrogens with two attached hydrogens (primary N) is 1. The molecule has 1 aromatic carbocycles. The molecule has 0 spiro atoms. The third-order valence-corrected chi connectivity index (χ3v) is 5.80. The predicted molar refractivity (Wildman–Crippen MR) is 94.5 cm³/mol. The number of rotatable bonds is 6. The maximum Gasteiger partial charge on any atom is 0.255 e. The van der Waals surface area contributed by atoms with E-state index >= 15 is 0 Å². The van der Waals surface area contributed by atoms with Crippen molar-refractivity contribution in [2.45, 2.75) is 18.2 Å². The lowest BCUT2D eigenvalue weighted by Crippen LogP contribution is -2.26. The van der Waals surface area contributed by atoms with Crippen molar-refractivity contribution in [3.63, 3.8) is 0 Å². The van der Waals surface area contributed by atoms with Crippen molar-refractivity contribution in [2.75, 3.05) is 13.7 Å². The highest BCUT2D eigenvalue weighted by Gasteiger charge is 2.16. The van der Waals surface area contributed by atoms with Crippen LogP contribution in [-0.2, 0) is 16.4 Å². The van der Waals surface area contributed by atoms with Crippen LogP contribution in [0.3, 0.4) is 0 Å². The van der Waals surface area contributed by atoms with Crippen molar-refractivity contribution >= 4 is 38.9 Å². The smallest absolute Gasteiger partial charge is 0.255 e. The van der Waals surface area contributed by atoms with Crippen molar-refractivity contribution in [1.82, 2.24) is 5.32 Å². The fourth-order valence-corrected chi connectivity index (χ4v) is 4.54. The Morgan fingerprint density at radius 3 is 2.67 bits per heavy atom. The quantitative estimate of drug-likeness (QED) is 0.793. The van der Waals surface area contributed by atoms with E-state index in [4.69, 9.17) is 21.5 Å². The molecule has 0 unspecified atom stereocenters. The normalized spacial score (nSPS) is 11.3. The number of halogens is 1. The summed E-state index contributed by atoms with van der Waals surface area (Å²) in [5, 5.41) is 8.36. The van der Waals surface area contributed by atoms with Gasteiger partial charge in [-0.15, -0.1) is 11.3 Å². The minimum absolute atomic E-state index is 0.130. The van der Waals surface area contributed by atoms with E-state index in [1.165, 1.54) is 24.5 Å². The maximum atomic E-state index is 12.2. The van der Waals surface area contributed by atoms with Gasteiger partial charge in [0.15, 0.2) is 0 Å². The fourth-order valence-electron chi connectivity index (χ4n) is 2.18. The number of amides is 1. The standard InChI is InChI=1S/C15H17ClN2O4S2/c1-9-14(24(17,20)21)8-11(23-9)5-6-18-15(19)12-7-10(16)3-4-13(12)22-2/h3-4,7-8H,5-6H2,1-2H3,(H,18,19)(H2,17,20,21). The second-order valence-electron chi connectivity index (χ2n) is 5.03. The van der Waals surface area contributed by atoms with Crippen molar-refractivity contribution in [2.24, 2.45) is 5.14 Å². The molecular formula is C15H17ClN2O4S2. The first-order valence-corrected chi connectivity index (χ1v) is 9.70. The maximum absolute atomic E-state index is 12.2. The zero-order valence-electron chi connectivity index (χ0n) is 13.1. The number of hydrogen-bond donors (Lipinski definition) is 2. The molecule has 1 amide bonds. The summed E-state index contributed by atoms with van der Waals surface area (Å²) in [6, 6.07) is 6.34. The first-order chi connectivity index (χ1) is 11.2. The lowest BCUT2D eigenvalue weighted by molar-refractivity contribution is 0.0951. The van der Waals surface area contributed by atoms with Crippen LogP contribution in [0.15, 0.2) is 29.2 Å². The minimum Gasteiger partial charge on any atom is -0.496 e. The summed E-state index contributed by atoms with van der Waals surface area (Å²) in [6.07, 6.45) is 0.496. The lowest BCUT2D eigenvalue weighted by Gasteiger charge is -2.09. The molecule has 24 heavy (non-hydrogen) atoms. The number of nitrogens with one attached hydrogen (secondary N) is 1. The van der Waals surface area contributed by atoms with Crippen LogP contribution >= 0.6 is 22.9 Å². The number of methoxy groups -OCH3 is 1. The van der Waals surface area contributed by atoms with E-state index in [0.717, 1.165) is 4.88 Å². The molecule has 6 nitrogen and oxygen atoms in total. The van der Waals surface area contributed by atoms with Crippen molar-refractivity contribution < 1.29 is 17.9 Å². The highest BCUT2D eigenvalue weighted by atomic mass is 35.5. The highest BCUT2D eigenvalue weighted by molar-refractivity contribution is 7.89. The number of ether oxygens (including phenoxy) is 1. The highest BCUT2D eigenvalue weighted by Crippen LogP contribution is 2.25. The number of sulfonamides is 1. The van der Waals surface area contributed by atoms with E-state index in [1.807, 2.05) is 0 Å². The summed E-state index contributed by atoms with van der Waals surface area (Å²) >= 11 is 7.25. The molecular weight excluding hydrogens is 372 g/mol. The van der Waals surface area contributed by atoms with Crippen LogP contribution in [0, 0.1) is 6.92 Å². The lowest BCUT2D eigenvalue weighted by atomic mass is 10.2. The van der Waals surface area contributed by atoms with Crippen LogP contribution in [0.1, 0.15) is 20.1 Å². The average Bonchev–Trinajstić information content (AvgIpc) is 2.88. The summed E-state index contributed by atoms with van der Waals surface area (Å²) in [4.78, 5) is 13.8. The molecule has 0 radical (unpaired) electrons. The van der Waals surface area contributed by atoms with Gasteiger partial charge in [-0.3, -0.25) is 4.79 Å². The number of carbonyl (C=O) groups is 1. The molecule has 3 N–H and O–H groups in total.